The molecule has 2 aliphatic rings. The number of carbonyl (C=O) groups is 2. The van der Waals surface area contributed by atoms with Crippen molar-refractivity contribution in [3.8, 4) is 0 Å². The average molecular weight is 464 g/mol. The fourth-order valence-corrected chi connectivity index (χ4v) is 6.87. The molecule has 0 spiro atoms. The Balaban J connectivity index is 1.54. The summed E-state index contributed by atoms with van der Waals surface area (Å²) in [5.74, 6) is 0.00728. The Morgan fingerprint density at radius 1 is 0.938 bits per heavy atom. The lowest BCUT2D eigenvalue weighted by atomic mass is 9.95. The van der Waals surface area contributed by atoms with Gasteiger partial charge >= 0.3 is 0 Å². The summed E-state index contributed by atoms with van der Waals surface area (Å²) in [7, 11) is -3.57. The van der Waals surface area contributed by atoms with E-state index in [0.29, 0.717) is 43.9 Å². The maximum absolute atomic E-state index is 13.3. The van der Waals surface area contributed by atoms with Gasteiger partial charge in [0.2, 0.25) is 21.8 Å². The van der Waals surface area contributed by atoms with E-state index in [1.165, 1.54) is 4.31 Å². The number of sulfonamides is 1. The molecular weight excluding hydrogens is 426 g/mol. The van der Waals surface area contributed by atoms with Crippen molar-refractivity contribution in [2.24, 2.45) is 11.8 Å². The van der Waals surface area contributed by atoms with E-state index in [1.54, 1.807) is 0 Å². The second-order valence-electron chi connectivity index (χ2n) is 9.67. The third-order valence-electron chi connectivity index (χ3n) is 6.67. The Hall–Kier alpha value is -1.93. The molecule has 1 N–H and O–H groups in total. The number of piperidine rings is 2. The van der Waals surface area contributed by atoms with E-state index in [0.717, 1.165) is 29.5 Å². The van der Waals surface area contributed by atoms with Crippen LogP contribution in [0.2, 0.25) is 0 Å². The fourth-order valence-electron chi connectivity index (χ4n) is 4.99. The molecule has 0 radical (unpaired) electrons. The lowest BCUT2D eigenvalue weighted by molar-refractivity contribution is -0.135. The Kier molecular flexibility index (Phi) is 7.65. The number of amides is 2. The average Bonchev–Trinajstić information content (AvgIpc) is 2.72. The molecule has 2 aliphatic heterocycles. The van der Waals surface area contributed by atoms with Gasteiger partial charge in [0.25, 0.3) is 0 Å². The van der Waals surface area contributed by atoms with Crippen molar-refractivity contribution in [3.05, 3.63) is 28.8 Å². The van der Waals surface area contributed by atoms with Crippen LogP contribution < -0.4 is 5.32 Å². The molecule has 1 aromatic carbocycles. The van der Waals surface area contributed by atoms with Crippen molar-refractivity contribution in [2.45, 2.75) is 71.2 Å². The lowest BCUT2D eigenvalue weighted by Gasteiger charge is -2.35. The highest BCUT2D eigenvalue weighted by Crippen LogP contribution is 2.29. The molecule has 0 saturated carbocycles. The number of benzene rings is 1. The van der Waals surface area contributed by atoms with Gasteiger partial charge in [-0.3, -0.25) is 9.59 Å². The van der Waals surface area contributed by atoms with Crippen molar-refractivity contribution >= 4 is 21.8 Å². The van der Waals surface area contributed by atoms with Gasteiger partial charge < -0.3 is 10.2 Å². The number of nitrogens with one attached hydrogen (secondary N) is 1. The van der Waals surface area contributed by atoms with Gasteiger partial charge in [-0.05, 0) is 57.6 Å². The normalized spacial score (nSPS) is 19.4. The molecule has 1 aromatic rings. The van der Waals surface area contributed by atoms with Gasteiger partial charge in [0, 0.05) is 44.1 Å². The number of hydrogen-bond donors (Lipinski definition) is 1. The summed E-state index contributed by atoms with van der Waals surface area (Å²) in [5.41, 5.74) is 2.59. The minimum Gasteiger partial charge on any atom is -0.353 e. The molecule has 0 bridgehead atoms. The predicted octanol–water partition coefficient (Wildman–Crippen LogP) is 2.78. The molecule has 8 heteroatoms. The van der Waals surface area contributed by atoms with Crippen molar-refractivity contribution in [3.63, 3.8) is 0 Å². The molecule has 0 unspecified atom stereocenters. The Bertz CT molecular complexity index is 934. The first-order chi connectivity index (χ1) is 15.0. The van der Waals surface area contributed by atoms with Gasteiger partial charge in [-0.25, -0.2) is 8.42 Å². The van der Waals surface area contributed by atoms with Crippen LogP contribution in [0.25, 0.3) is 0 Å². The molecule has 0 atom stereocenters. The van der Waals surface area contributed by atoms with Gasteiger partial charge in [0.05, 0.1) is 4.90 Å². The molecule has 32 heavy (non-hydrogen) atoms. The van der Waals surface area contributed by atoms with Gasteiger partial charge in [-0.1, -0.05) is 31.5 Å². The third-order valence-corrected chi connectivity index (χ3v) is 8.88. The van der Waals surface area contributed by atoms with E-state index < -0.39 is 10.0 Å². The minimum atomic E-state index is -3.57. The molecule has 0 aliphatic carbocycles. The SMILES string of the molecule is Cc1cc(C)c(S(=O)(=O)N2CCC(C(=O)NC3CCN(C(=O)C(C)C)CC3)CC2)c(C)c1. The lowest BCUT2D eigenvalue weighted by Crippen LogP contribution is -2.50. The van der Waals surface area contributed by atoms with Crippen LogP contribution in [0.3, 0.4) is 0 Å². The summed E-state index contributed by atoms with van der Waals surface area (Å²) in [6.45, 7) is 11.5. The van der Waals surface area contributed by atoms with Gasteiger partial charge in [0.1, 0.15) is 0 Å². The molecule has 0 aromatic heterocycles. The van der Waals surface area contributed by atoms with Crippen molar-refractivity contribution in [2.75, 3.05) is 26.2 Å². The molecule has 2 saturated heterocycles. The number of likely N-dealkylation sites (tertiary alicyclic amines) is 1. The van der Waals surface area contributed by atoms with Crippen LogP contribution in [0.15, 0.2) is 17.0 Å². The van der Waals surface area contributed by atoms with Gasteiger partial charge in [-0.15, -0.1) is 0 Å². The Morgan fingerprint density at radius 2 is 1.47 bits per heavy atom. The predicted molar refractivity (Wildman–Crippen MR) is 125 cm³/mol. The van der Waals surface area contributed by atoms with Crippen LogP contribution in [0.1, 0.15) is 56.2 Å². The zero-order valence-electron chi connectivity index (χ0n) is 20.0. The topological polar surface area (TPSA) is 86.8 Å². The summed E-state index contributed by atoms with van der Waals surface area (Å²) in [6, 6.07) is 3.89. The van der Waals surface area contributed by atoms with Gasteiger partial charge in [0.15, 0.2) is 0 Å². The molecule has 178 valence electrons. The van der Waals surface area contributed by atoms with Crippen LogP contribution >= 0.6 is 0 Å². The molecule has 3 rings (SSSR count). The van der Waals surface area contributed by atoms with Gasteiger partial charge in [-0.2, -0.15) is 4.31 Å². The monoisotopic (exact) mass is 463 g/mol. The number of rotatable bonds is 5. The summed E-state index contributed by atoms with van der Waals surface area (Å²) < 4.78 is 28.0. The van der Waals surface area contributed by atoms with E-state index >= 15 is 0 Å². The van der Waals surface area contributed by atoms with Crippen molar-refractivity contribution < 1.29 is 18.0 Å². The molecule has 2 fully saturated rings. The first-order valence-electron chi connectivity index (χ1n) is 11.7. The fraction of sp³-hybridized carbons (Fsp3) is 0.667. The quantitative estimate of drug-likeness (QED) is 0.727. The standard InChI is InChI=1S/C24H37N3O4S/c1-16(2)24(29)26-10-8-21(9-11-26)25-23(28)20-6-12-27(13-7-20)32(30,31)22-18(4)14-17(3)15-19(22)5/h14-16,20-21H,6-13H2,1-5H3,(H,25,28). The highest BCUT2D eigenvalue weighted by molar-refractivity contribution is 7.89. The Morgan fingerprint density at radius 3 is 1.97 bits per heavy atom. The Labute approximate surface area is 192 Å². The van der Waals surface area contributed by atoms with E-state index in [2.05, 4.69) is 5.32 Å². The largest absolute Gasteiger partial charge is 0.353 e. The van der Waals surface area contributed by atoms with E-state index in [-0.39, 0.29) is 29.7 Å². The third kappa shape index (κ3) is 5.34. The van der Waals surface area contributed by atoms with E-state index in [9.17, 15) is 18.0 Å². The maximum atomic E-state index is 13.3. The highest BCUT2D eigenvalue weighted by atomic mass is 32.2. The van der Waals surface area contributed by atoms with Crippen LogP contribution in [0.5, 0.6) is 0 Å². The number of aryl methyl sites for hydroxylation is 3. The first kappa shape index (κ1) is 24.7. The molecule has 7 nitrogen and oxygen atoms in total. The maximum Gasteiger partial charge on any atom is 0.243 e. The summed E-state index contributed by atoms with van der Waals surface area (Å²) >= 11 is 0. The molecule has 2 heterocycles. The summed E-state index contributed by atoms with van der Waals surface area (Å²) in [6.07, 6.45) is 2.59. The van der Waals surface area contributed by atoms with Crippen LogP contribution in [-0.2, 0) is 19.6 Å². The van der Waals surface area contributed by atoms with Crippen molar-refractivity contribution in [1.29, 1.82) is 0 Å². The number of carbonyl (C=O) groups excluding carboxylic acids is 2. The second kappa shape index (κ2) is 9.91. The molecule has 2 amide bonds. The number of nitrogens with zero attached hydrogens (tertiary/aromatic N) is 2. The second-order valence-corrected chi connectivity index (χ2v) is 11.5. The van der Waals surface area contributed by atoms with Crippen LogP contribution in [0, 0.1) is 32.6 Å². The highest BCUT2D eigenvalue weighted by Gasteiger charge is 2.34. The smallest absolute Gasteiger partial charge is 0.243 e. The van der Waals surface area contributed by atoms with E-state index in [4.69, 9.17) is 0 Å². The molecular formula is C24H37N3O4S. The van der Waals surface area contributed by atoms with Crippen LogP contribution in [-0.4, -0.2) is 61.7 Å². The first-order valence-corrected chi connectivity index (χ1v) is 13.1. The van der Waals surface area contributed by atoms with Crippen LogP contribution in [0.4, 0.5) is 0 Å². The number of hydrogen-bond acceptors (Lipinski definition) is 4. The minimum absolute atomic E-state index is 0.00455. The zero-order valence-corrected chi connectivity index (χ0v) is 20.8. The zero-order chi connectivity index (χ0) is 23.6. The summed E-state index contributed by atoms with van der Waals surface area (Å²) in [5, 5.41) is 3.14. The van der Waals surface area contributed by atoms with E-state index in [1.807, 2.05) is 51.7 Å². The van der Waals surface area contributed by atoms with Crippen molar-refractivity contribution in [1.82, 2.24) is 14.5 Å². The summed E-state index contributed by atoms with van der Waals surface area (Å²) in [4.78, 5) is 27.2.